The lowest BCUT2D eigenvalue weighted by Gasteiger charge is -2.24. The van der Waals surface area contributed by atoms with E-state index in [1.807, 2.05) is 36.4 Å². The lowest BCUT2D eigenvalue weighted by atomic mass is 9.99. The number of benzene rings is 1. The molecule has 6 nitrogen and oxygen atoms in total. The van der Waals surface area contributed by atoms with Crippen molar-refractivity contribution in [1.82, 2.24) is 25.2 Å². The van der Waals surface area contributed by atoms with Crippen LogP contribution in [0.25, 0.3) is 11.3 Å². The molecule has 6 heteroatoms. The molecule has 0 bridgehead atoms. The highest BCUT2D eigenvalue weighted by molar-refractivity contribution is 5.58. The van der Waals surface area contributed by atoms with Gasteiger partial charge in [0.25, 0.3) is 0 Å². The summed E-state index contributed by atoms with van der Waals surface area (Å²) in [4.78, 5) is 0. The van der Waals surface area contributed by atoms with Crippen LogP contribution in [0.3, 0.4) is 0 Å². The molecule has 1 aliphatic rings. The molecule has 3 heterocycles. The molecule has 0 aliphatic carbocycles. The molecule has 1 N–H and O–H groups in total. The van der Waals surface area contributed by atoms with Crippen LogP contribution in [0.5, 0.6) is 0 Å². The highest BCUT2D eigenvalue weighted by atomic mass is 16.5. The van der Waals surface area contributed by atoms with E-state index in [0.717, 1.165) is 61.0 Å². The molecule has 0 saturated carbocycles. The molecule has 0 radical (unpaired) electrons. The number of hydrogen-bond acceptors (Lipinski definition) is 5. The molecule has 1 aromatic carbocycles. The standard InChI is InChI=1S/C19H23N5O/c1-2-18-21-22-19-9-8-14(13-24(18)19)11-20-12-16-10-17(23-25-16)15-6-4-3-5-7-15/h3-7,10,14,20H,2,8-9,11-13H2,1H3. The number of hydrogen-bond donors (Lipinski definition) is 1. The van der Waals surface area contributed by atoms with Crippen LogP contribution < -0.4 is 5.32 Å². The SMILES string of the molecule is CCc1nnc2n1CC(CNCc1cc(-c3ccccc3)no1)CC2. The molecule has 25 heavy (non-hydrogen) atoms. The molecular weight excluding hydrogens is 314 g/mol. The van der Waals surface area contributed by atoms with Crippen molar-refractivity contribution >= 4 is 0 Å². The lowest BCUT2D eigenvalue weighted by molar-refractivity contribution is 0.327. The lowest BCUT2D eigenvalue weighted by Crippen LogP contribution is -2.30. The first-order chi connectivity index (χ1) is 12.3. The van der Waals surface area contributed by atoms with Crippen LogP contribution in [0.4, 0.5) is 0 Å². The summed E-state index contributed by atoms with van der Waals surface area (Å²) in [6.45, 7) is 4.80. The van der Waals surface area contributed by atoms with Crippen molar-refractivity contribution in [2.45, 2.75) is 39.3 Å². The first kappa shape index (κ1) is 16.0. The van der Waals surface area contributed by atoms with Gasteiger partial charge < -0.3 is 14.4 Å². The Hall–Kier alpha value is -2.47. The molecule has 4 rings (SSSR count). The Morgan fingerprint density at radius 1 is 1.24 bits per heavy atom. The minimum absolute atomic E-state index is 0.602. The summed E-state index contributed by atoms with van der Waals surface area (Å²) in [6, 6.07) is 12.1. The van der Waals surface area contributed by atoms with Crippen molar-refractivity contribution in [2.24, 2.45) is 5.92 Å². The van der Waals surface area contributed by atoms with E-state index in [2.05, 4.69) is 32.2 Å². The fraction of sp³-hybridized carbons (Fsp3) is 0.421. The van der Waals surface area contributed by atoms with Gasteiger partial charge in [-0.15, -0.1) is 10.2 Å². The molecule has 0 saturated heterocycles. The maximum absolute atomic E-state index is 5.45. The molecule has 1 unspecified atom stereocenters. The van der Waals surface area contributed by atoms with E-state index >= 15 is 0 Å². The van der Waals surface area contributed by atoms with Crippen molar-refractivity contribution in [3.8, 4) is 11.3 Å². The van der Waals surface area contributed by atoms with Gasteiger partial charge in [-0.25, -0.2) is 0 Å². The number of aryl methyl sites for hydroxylation is 2. The smallest absolute Gasteiger partial charge is 0.151 e. The van der Waals surface area contributed by atoms with E-state index in [9.17, 15) is 0 Å². The third-order valence-electron chi connectivity index (χ3n) is 4.80. The summed E-state index contributed by atoms with van der Waals surface area (Å²) in [6.07, 6.45) is 3.10. The molecule has 130 valence electrons. The molecule has 0 spiro atoms. The monoisotopic (exact) mass is 337 g/mol. The third-order valence-corrected chi connectivity index (χ3v) is 4.80. The predicted octanol–water partition coefficient (Wildman–Crippen LogP) is 2.85. The van der Waals surface area contributed by atoms with Gasteiger partial charge in [-0.3, -0.25) is 0 Å². The van der Waals surface area contributed by atoms with Gasteiger partial charge in [0.1, 0.15) is 17.3 Å². The number of nitrogens with one attached hydrogen (secondary N) is 1. The van der Waals surface area contributed by atoms with Crippen molar-refractivity contribution in [3.63, 3.8) is 0 Å². The van der Waals surface area contributed by atoms with Crippen LogP contribution in [0.1, 0.15) is 30.8 Å². The molecule has 0 amide bonds. The summed E-state index contributed by atoms with van der Waals surface area (Å²) < 4.78 is 7.74. The molecule has 1 aliphatic heterocycles. The molecule has 0 fully saturated rings. The largest absolute Gasteiger partial charge is 0.359 e. The molecular formula is C19H23N5O. The highest BCUT2D eigenvalue weighted by Crippen LogP contribution is 2.21. The Morgan fingerprint density at radius 2 is 2.12 bits per heavy atom. The van der Waals surface area contributed by atoms with Gasteiger partial charge in [0, 0.05) is 37.6 Å². The normalized spacial score (nSPS) is 16.8. The van der Waals surface area contributed by atoms with Crippen molar-refractivity contribution < 1.29 is 4.52 Å². The van der Waals surface area contributed by atoms with E-state index in [4.69, 9.17) is 4.52 Å². The van der Waals surface area contributed by atoms with Gasteiger partial charge in [-0.05, 0) is 12.3 Å². The molecule has 3 aromatic rings. The molecule has 2 aromatic heterocycles. The van der Waals surface area contributed by atoms with E-state index in [-0.39, 0.29) is 0 Å². The second-order valence-electron chi connectivity index (χ2n) is 6.58. The average molecular weight is 337 g/mol. The Labute approximate surface area is 147 Å². The summed E-state index contributed by atoms with van der Waals surface area (Å²) in [5.74, 6) is 3.71. The van der Waals surface area contributed by atoms with Crippen molar-refractivity contribution in [3.05, 3.63) is 53.8 Å². The zero-order valence-electron chi connectivity index (χ0n) is 14.5. The van der Waals surface area contributed by atoms with E-state index in [1.54, 1.807) is 0 Å². The van der Waals surface area contributed by atoms with Crippen LogP contribution in [0, 0.1) is 5.92 Å². The second kappa shape index (κ2) is 7.19. The summed E-state index contributed by atoms with van der Waals surface area (Å²) >= 11 is 0. The van der Waals surface area contributed by atoms with Gasteiger partial charge in [-0.2, -0.15) is 0 Å². The van der Waals surface area contributed by atoms with Crippen LogP contribution in [0.2, 0.25) is 0 Å². The molecule has 1 atom stereocenters. The van der Waals surface area contributed by atoms with Crippen LogP contribution in [0.15, 0.2) is 40.9 Å². The van der Waals surface area contributed by atoms with Gasteiger partial charge in [-0.1, -0.05) is 42.4 Å². The number of rotatable bonds is 6. The Kier molecular flexibility index (Phi) is 4.61. The van der Waals surface area contributed by atoms with E-state index in [0.29, 0.717) is 12.5 Å². The van der Waals surface area contributed by atoms with Crippen molar-refractivity contribution in [2.75, 3.05) is 6.54 Å². The van der Waals surface area contributed by atoms with Gasteiger partial charge >= 0.3 is 0 Å². The minimum atomic E-state index is 0.602. The Morgan fingerprint density at radius 3 is 2.96 bits per heavy atom. The van der Waals surface area contributed by atoms with E-state index in [1.165, 1.54) is 0 Å². The first-order valence-corrected chi connectivity index (χ1v) is 8.96. The first-order valence-electron chi connectivity index (χ1n) is 8.96. The van der Waals surface area contributed by atoms with Crippen molar-refractivity contribution in [1.29, 1.82) is 0 Å². The zero-order valence-corrected chi connectivity index (χ0v) is 14.5. The van der Waals surface area contributed by atoms with Crippen LogP contribution in [-0.2, 0) is 25.9 Å². The second-order valence-corrected chi connectivity index (χ2v) is 6.58. The van der Waals surface area contributed by atoms with Gasteiger partial charge in [0.05, 0.1) is 6.54 Å². The summed E-state index contributed by atoms with van der Waals surface area (Å²) in [5, 5.41) is 16.2. The number of aromatic nitrogens is 4. The number of nitrogens with zero attached hydrogens (tertiary/aromatic N) is 4. The maximum atomic E-state index is 5.45. The fourth-order valence-electron chi connectivity index (χ4n) is 3.42. The van der Waals surface area contributed by atoms with E-state index < -0.39 is 0 Å². The van der Waals surface area contributed by atoms with Crippen LogP contribution in [-0.4, -0.2) is 26.5 Å². The average Bonchev–Trinajstić information content (AvgIpc) is 3.29. The number of fused-ring (bicyclic) bond motifs is 1. The predicted molar refractivity (Wildman–Crippen MR) is 94.9 cm³/mol. The zero-order chi connectivity index (χ0) is 17.1. The maximum Gasteiger partial charge on any atom is 0.151 e. The van der Waals surface area contributed by atoms with Gasteiger partial charge in [0.2, 0.25) is 0 Å². The quantitative estimate of drug-likeness (QED) is 0.749. The summed E-state index contributed by atoms with van der Waals surface area (Å²) in [5.41, 5.74) is 1.97. The third kappa shape index (κ3) is 3.49. The minimum Gasteiger partial charge on any atom is -0.359 e. The van der Waals surface area contributed by atoms with Crippen LogP contribution >= 0.6 is 0 Å². The van der Waals surface area contributed by atoms with Gasteiger partial charge in [0.15, 0.2) is 5.76 Å². The Balaban J connectivity index is 1.31. The Bertz CT molecular complexity index is 810. The summed E-state index contributed by atoms with van der Waals surface area (Å²) in [7, 11) is 0. The highest BCUT2D eigenvalue weighted by Gasteiger charge is 2.22. The topological polar surface area (TPSA) is 68.8 Å². The fourth-order valence-corrected chi connectivity index (χ4v) is 3.42.